The van der Waals surface area contributed by atoms with Crippen LogP contribution >= 0.6 is 0 Å². The number of nitrogens with zero attached hydrogens (tertiary/aromatic N) is 1. The molecule has 72 valence electrons. The Morgan fingerprint density at radius 3 is 2.54 bits per heavy atom. The minimum Gasteiger partial charge on any atom is -0.481 e. The maximum atomic E-state index is 5.79. The lowest BCUT2D eigenvalue weighted by atomic mass is 10.0. The number of anilines is 1. The van der Waals surface area contributed by atoms with Crippen molar-refractivity contribution in [2.75, 3.05) is 12.8 Å². The first-order chi connectivity index (χ1) is 6.22. The van der Waals surface area contributed by atoms with Gasteiger partial charge in [-0.05, 0) is 24.0 Å². The number of hydrogen-bond acceptors (Lipinski definition) is 3. The normalized spacial score (nSPS) is 10.1. The highest BCUT2D eigenvalue weighted by Gasteiger charge is 2.07. The van der Waals surface area contributed by atoms with Crippen LogP contribution in [0.5, 0.6) is 5.88 Å². The van der Waals surface area contributed by atoms with E-state index in [0.717, 1.165) is 18.4 Å². The Kier molecular flexibility index (Phi) is 3.12. The molecule has 0 saturated carbocycles. The molecule has 1 heterocycles. The Balaban J connectivity index is 3.20. The van der Waals surface area contributed by atoms with Gasteiger partial charge in [-0.2, -0.15) is 4.98 Å². The minimum atomic E-state index is 0.596. The van der Waals surface area contributed by atoms with E-state index in [2.05, 4.69) is 18.8 Å². The van der Waals surface area contributed by atoms with Gasteiger partial charge in [0, 0.05) is 6.07 Å². The zero-order chi connectivity index (χ0) is 9.84. The lowest BCUT2D eigenvalue weighted by molar-refractivity contribution is 0.398. The highest BCUT2D eigenvalue weighted by atomic mass is 16.5. The molecular formula is C10H16N2O. The van der Waals surface area contributed by atoms with Gasteiger partial charge in [-0.25, -0.2) is 0 Å². The van der Waals surface area contributed by atoms with Crippen LogP contribution in [0, 0.1) is 0 Å². The Hall–Kier alpha value is -1.25. The van der Waals surface area contributed by atoms with Crippen molar-refractivity contribution in [1.82, 2.24) is 4.98 Å². The van der Waals surface area contributed by atoms with Gasteiger partial charge in [-0.1, -0.05) is 13.8 Å². The van der Waals surface area contributed by atoms with E-state index >= 15 is 0 Å². The molecule has 0 aliphatic rings. The average Bonchev–Trinajstić information content (AvgIpc) is 2.16. The Bertz CT molecular complexity index is 297. The van der Waals surface area contributed by atoms with Gasteiger partial charge in [0.25, 0.3) is 0 Å². The molecule has 0 radical (unpaired) electrons. The summed E-state index contributed by atoms with van der Waals surface area (Å²) >= 11 is 0. The first-order valence-electron chi connectivity index (χ1n) is 4.55. The van der Waals surface area contributed by atoms with Crippen LogP contribution in [0.4, 0.5) is 5.82 Å². The molecule has 1 rings (SSSR count). The molecule has 0 aliphatic carbocycles. The quantitative estimate of drug-likeness (QED) is 0.771. The molecule has 0 amide bonds. The number of ether oxygens (including phenoxy) is 1. The summed E-state index contributed by atoms with van der Waals surface area (Å²) in [4.78, 5) is 4.13. The highest BCUT2D eigenvalue weighted by molar-refractivity contribution is 5.47. The number of rotatable bonds is 3. The molecule has 1 aromatic rings. The molecule has 0 aliphatic heterocycles. The van der Waals surface area contributed by atoms with Crippen LogP contribution in [-0.2, 0) is 12.8 Å². The van der Waals surface area contributed by atoms with Crippen molar-refractivity contribution in [2.45, 2.75) is 26.7 Å². The van der Waals surface area contributed by atoms with Gasteiger partial charge in [0.05, 0.1) is 7.11 Å². The molecule has 1 aromatic heterocycles. The van der Waals surface area contributed by atoms with E-state index in [0.29, 0.717) is 11.7 Å². The second-order valence-corrected chi connectivity index (χ2v) is 2.89. The van der Waals surface area contributed by atoms with E-state index in [1.807, 2.05) is 6.07 Å². The third-order valence-corrected chi connectivity index (χ3v) is 2.17. The molecule has 13 heavy (non-hydrogen) atoms. The summed E-state index contributed by atoms with van der Waals surface area (Å²) in [5.74, 6) is 1.20. The van der Waals surface area contributed by atoms with Crippen LogP contribution < -0.4 is 10.5 Å². The zero-order valence-electron chi connectivity index (χ0n) is 8.42. The maximum Gasteiger partial charge on any atom is 0.215 e. The fraction of sp³-hybridized carbons (Fsp3) is 0.500. The molecule has 3 heteroatoms. The van der Waals surface area contributed by atoms with Gasteiger partial charge >= 0.3 is 0 Å². The third kappa shape index (κ3) is 1.91. The molecular weight excluding hydrogens is 164 g/mol. The lowest BCUT2D eigenvalue weighted by Crippen LogP contribution is -2.03. The number of pyridine rings is 1. The second kappa shape index (κ2) is 4.12. The molecule has 2 N–H and O–H groups in total. The van der Waals surface area contributed by atoms with E-state index in [-0.39, 0.29) is 0 Å². The van der Waals surface area contributed by atoms with Gasteiger partial charge in [0.1, 0.15) is 5.82 Å². The molecule has 0 spiro atoms. The maximum absolute atomic E-state index is 5.79. The standard InChI is InChI=1S/C10H16N2O/c1-4-7-6-9(13-3)12-10(11)8(7)5-2/h6H,4-5H2,1-3H3,(H2,11,12). The third-order valence-electron chi connectivity index (χ3n) is 2.17. The van der Waals surface area contributed by atoms with Crippen molar-refractivity contribution >= 4 is 5.82 Å². The minimum absolute atomic E-state index is 0.596. The molecule has 0 atom stereocenters. The van der Waals surface area contributed by atoms with E-state index in [4.69, 9.17) is 10.5 Å². The van der Waals surface area contributed by atoms with Gasteiger partial charge in [0.15, 0.2) is 0 Å². The number of nitrogen functional groups attached to an aromatic ring is 1. The number of aromatic nitrogens is 1. The number of methoxy groups -OCH3 is 1. The summed E-state index contributed by atoms with van der Waals surface area (Å²) in [6.45, 7) is 4.19. The summed E-state index contributed by atoms with van der Waals surface area (Å²) in [7, 11) is 1.60. The summed E-state index contributed by atoms with van der Waals surface area (Å²) < 4.78 is 5.05. The van der Waals surface area contributed by atoms with Crippen LogP contribution in [0.2, 0.25) is 0 Å². The second-order valence-electron chi connectivity index (χ2n) is 2.89. The Labute approximate surface area is 78.9 Å². The smallest absolute Gasteiger partial charge is 0.215 e. The fourth-order valence-corrected chi connectivity index (χ4v) is 1.45. The highest BCUT2D eigenvalue weighted by Crippen LogP contribution is 2.21. The van der Waals surface area contributed by atoms with E-state index in [1.165, 1.54) is 5.56 Å². The molecule has 0 aromatic carbocycles. The molecule has 0 bridgehead atoms. The van der Waals surface area contributed by atoms with Crippen molar-refractivity contribution in [3.8, 4) is 5.88 Å². The van der Waals surface area contributed by atoms with Crippen LogP contribution in [0.25, 0.3) is 0 Å². The van der Waals surface area contributed by atoms with E-state index in [9.17, 15) is 0 Å². The lowest BCUT2D eigenvalue weighted by Gasteiger charge is -2.10. The van der Waals surface area contributed by atoms with E-state index < -0.39 is 0 Å². The van der Waals surface area contributed by atoms with Gasteiger partial charge in [-0.3, -0.25) is 0 Å². The molecule has 0 saturated heterocycles. The van der Waals surface area contributed by atoms with Crippen LogP contribution in [0.3, 0.4) is 0 Å². The van der Waals surface area contributed by atoms with Crippen LogP contribution in [0.15, 0.2) is 6.07 Å². The average molecular weight is 180 g/mol. The van der Waals surface area contributed by atoms with Crippen LogP contribution in [0.1, 0.15) is 25.0 Å². The van der Waals surface area contributed by atoms with Crippen molar-refractivity contribution in [1.29, 1.82) is 0 Å². The molecule has 0 fully saturated rings. The first kappa shape index (κ1) is 9.84. The largest absolute Gasteiger partial charge is 0.481 e. The number of aryl methyl sites for hydroxylation is 1. The molecule has 0 unspecified atom stereocenters. The molecule has 3 nitrogen and oxygen atoms in total. The van der Waals surface area contributed by atoms with Crippen molar-refractivity contribution in [3.05, 3.63) is 17.2 Å². The predicted molar refractivity (Wildman–Crippen MR) is 54.0 cm³/mol. The Morgan fingerprint density at radius 2 is 2.08 bits per heavy atom. The van der Waals surface area contributed by atoms with Crippen LogP contribution in [-0.4, -0.2) is 12.1 Å². The number of nitrogens with two attached hydrogens (primary N) is 1. The summed E-state index contributed by atoms with van der Waals surface area (Å²) in [6, 6.07) is 1.95. The van der Waals surface area contributed by atoms with Gasteiger partial charge in [-0.15, -0.1) is 0 Å². The predicted octanol–water partition coefficient (Wildman–Crippen LogP) is 1.80. The Morgan fingerprint density at radius 1 is 1.38 bits per heavy atom. The summed E-state index contributed by atoms with van der Waals surface area (Å²) in [6.07, 6.45) is 1.89. The van der Waals surface area contributed by atoms with Crippen molar-refractivity contribution in [3.63, 3.8) is 0 Å². The monoisotopic (exact) mass is 180 g/mol. The van der Waals surface area contributed by atoms with E-state index in [1.54, 1.807) is 7.11 Å². The zero-order valence-corrected chi connectivity index (χ0v) is 8.42. The topological polar surface area (TPSA) is 48.1 Å². The van der Waals surface area contributed by atoms with Gasteiger partial charge in [0.2, 0.25) is 5.88 Å². The van der Waals surface area contributed by atoms with Crippen molar-refractivity contribution < 1.29 is 4.74 Å². The number of hydrogen-bond donors (Lipinski definition) is 1. The van der Waals surface area contributed by atoms with Crippen molar-refractivity contribution in [2.24, 2.45) is 0 Å². The van der Waals surface area contributed by atoms with Gasteiger partial charge < -0.3 is 10.5 Å². The summed E-state index contributed by atoms with van der Waals surface area (Å²) in [5.41, 5.74) is 8.16. The SMILES string of the molecule is CCc1cc(OC)nc(N)c1CC. The summed E-state index contributed by atoms with van der Waals surface area (Å²) in [5, 5.41) is 0. The fourth-order valence-electron chi connectivity index (χ4n) is 1.45. The first-order valence-corrected chi connectivity index (χ1v) is 4.55.